The van der Waals surface area contributed by atoms with E-state index in [1.165, 1.54) is 0 Å². The quantitative estimate of drug-likeness (QED) is 0.717. The maximum atomic E-state index is 12.8. The van der Waals surface area contributed by atoms with Crippen LogP contribution in [0.3, 0.4) is 0 Å². The lowest BCUT2D eigenvalue weighted by molar-refractivity contribution is -0.134. The Morgan fingerprint density at radius 1 is 1.17 bits per heavy atom. The molecule has 0 radical (unpaired) electrons. The molecular formula is C23H29N5O. The molecule has 3 aromatic rings. The van der Waals surface area contributed by atoms with Gasteiger partial charge in [-0.25, -0.2) is 9.97 Å². The van der Waals surface area contributed by atoms with Crippen LogP contribution in [-0.2, 0) is 11.8 Å². The van der Waals surface area contributed by atoms with Crippen LogP contribution in [0.15, 0.2) is 36.7 Å². The van der Waals surface area contributed by atoms with Gasteiger partial charge in [-0.1, -0.05) is 26.0 Å². The number of pyridine rings is 1. The summed E-state index contributed by atoms with van der Waals surface area (Å²) in [5.41, 5.74) is 1.82. The Kier molecular flexibility index (Phi) is 4.90. The van der Waals surface area contributed by atoms with Crippen molar-refractivity contribution in [1.29, 1.82) is 0 Å². The predicted octanol–water partition coefficient (Wildman–Crippen LogP) is 3.86. The molecule has 0 bridgehead atoms. The molecular weight excluding hydrogens is 362 g/mol. The first kappa shape index (κ1) is 19.6. The second-order valence-electron chi connectivity index (χ2n) is 8.96. The minimum Gasteiger partial charge on any atom is -0.331 e. The summed E-state index contributed by atoms with van der Waals surface area (Å²) >= 11 is 0. The van der Waals surface area contributed by atoms with Crippen LogP contribution < -0.4 is 5.32 Å². The molecule has 4 rings (SSSR count). The van der Waals surface area contributed by atoms with Crippen molar-refractivity contribution < 1.29 is 4.79 Å². The first-order valence-electron chi connectivity index (χ1n) is 10.2. The largest absolute Gasteiger partial charge is 0.331 e. The standard InChI is InChI=1S/C23H29N5O/c1-15(2)12-28-13-23(4,14-28)22(29)26-21-9-19-8-17(6-7-18(19)10-25-21)20-11-24-16(3)27(20)5/h6-11,15H,12-14H2,1-5H3,(H,25,26,29). The van der Waals surface area contributed by atoms with Crippen molar-refractivity contribution in [3.05, 3.63) is 42.5 Å². The van der Waals surface area contributed by atoms with Gasteiger partial charge in [-0.2, -0.15) is 0 Å². The molecule has 1 aliphatic rings. The van der Waals surface area contributed by atoms with Crippen LogP contribution in [0, 0.1) is 18.3 Å². The summed E-state index contributed by atoms with van der Waals surface area (Å²) in [6.07, 6.45) is 3.71. The van der Waals surface area contributed by atoms with Crippen molar-refractivity contribution >= 4 is 22.5 Å². The third-order valence-electron chi connectivity index (χ3n) is 5.80. The first-order valence-corrected chi connectivity index (χ1v) is 10.2. The summed E-state index contributed by atoms with van der Waals surface area (Å²) < 4.78 is 2.07. The number of hydrogen-bond donors (Lipinski definition) is 1. The fourth-order valence-electron chi connectivity index (χ4n) is 4.14. The highest BCUT2D eigenvalue weighted by atomic mass is 16.2. The minimum absolute atomic E-state index is 0.0442. The van der Waals surface area contributed by atoms with E-state index in [1.54, 1.807) is 0 Å². The molecule has 1 aromatic carbocycles. The van der Waals surface area contributed by atoms with E-state index in [0.29, 0.717) is 11.7 Å². The molecule has 1 saturated heterocycles. The van der Waals surface area contributed by atoms with Crippen molar-refractivity contribution in [1.82, 2.24) is 19.4 Å². The maximum Gasteiger partial charge on any atom is 0.234 e. The number of carbonyl (C=O) groups excluding carboxylic acids is 1. The number of hydrogen-bond acceptors (Lipinski definition) is 4. The summed E-state index contributed by atoms with van der Waals surface area (Å²) in [5.74, 6) is 2.23. The fraction of sp³-hybridized carbons (Fsp3) is 0.435. The van der Waals surface area contributed by atoms with E-state index in [4.69, 9.17) is 0 Å². The molecule has 0 spiro atoms. The normalized spacial score (nSPS) is 16.2. The monoisotopic (exact) mass is 391 g/mol. The summed E-state index contributed by atoms with van der Waals surface area (Å²) in [4.78, 5) is 24.0. The molecule has 0 unspecified atom stereocenters. The lowest BCUT2D eigenvalue weighted by Gasteiger charge is -2.47. The van der Waals surface area contributed by atoms with E-state index in [0.717, 1.165) is 47.5 Å². The van der Waals surface area contributed by atoms with Gasteiger partial charge in [0.1, 0.15) is 11.6 Å². The molecule has 1 aliphatic heterocycles. The number of nitrogens with zero attached hydrogens (tertiary/aromatic N) is 4. The van der Waals surface area contributed by atoms with Crippen LogP contribution in [0.4, 0.5) is 5.82 Å². The van der Waals surface area contributed by atoms with Crippen molar-refractivity contribution in [2.24, 2.45) is 18.4 Å². The molecule has 6 nitrogen and oxygen atoms in total. The Labute approximate surface area is 172 Å². The highest BCUT2D eigenvalue weighted by Crippen LogP contribution is 2.32. The average Bonchev–Trinajstić information content (AvgIpc) is 2.98. The lowest BCUT2D eigenvalue weighted by atomic mass is 9.80. The number of carbonyl (C=O) groups is 1. The molecule has 1 fully saturated rings. The zero-order valence-corrected chi connectivity index (χ0v) is 17.9. The first-order chi connectivity index (χ1) is 13.7. The van der Waals surface area contributed by atoms with Gasteiger partial charge in [-0.3, -0.25) is 4.79 Å². The molecule has 29 heavy (non-hydrogen) atoms. The second kappa shape index (κ2) is 7.26. The molecule has 0 aliphatic carbocycles. The number of aromatic nitrogens is 3. The number of amides is 1. The van der Waals surface area contributed by atoms with Gasteiger partial charge in [-0.05, 0) is 37.3 Å². The van der Waals surface area contributed by atoms with Crippen molar-refractivity contribution in [3.63, 3.8) is 0 Å². The molecule has 0 atom stereocenters. The van der Waals surface area contributed by atoms with Crippen LogP contribution >= 0.6 is 0 Å². The number of imidazole rings is 1. The highest BCUT2D eigenvalue weighted by Gasteiger charge is 2.45. The van der Waals surface area contributed by atoms with Gasteiger partial charge in [0, 0.05) is 43.8 Å². The number of anilines is 1. The minimum atomic E-state index is -0.348. The van der Waals surface area contributed by atoms with Gasteiger partial charge in [0.05, 0.1) is 17.3 Å². The molecule has 2 aromatic heterocycles. The number of fused-ring (bicyclic) bond motifs is 1. The topological polar surface area (TPSA) is 63.1 Å². The Morgan fingerprint density at radius 3 is 2.59 bits per heavy atom. The average molecular weight is 392 g/mol. The van der Waals surface area contributed by atoms with Crippen molar-refractivity contribution in [2.75, 3.05) is 25.0 Å². The summed E-state index contributed by atoms with van der Waals surface area (Å²) in [7, 11) is 2.02. The van der Waals surface area contributed by atoms with Crippen molar-refractivity contribution in [2.45, 2.75) is 27.7 Å². The van der Waals surface area contributed by atoms with Crippen LogP contribution in [0.5, 0.6) is 0 Å². The lowest BCUT2D eigenvalue weighted by Crippen LogP contribution is -2.60. The number of likely N-dealkylation sites (tertiary alicyclic amines) is 1. The molecule has 1 N–H and O–H groups in total. The van der Waals surface area contributed by atoms with Gasteiger partial charge in [0.25, 0.3) is 0 Å². The van der Waals surface area contributed by atoms with E-state index in [2.05, 4.69) is 56.8 Å². The van der Waals surface area contributed by atoms with E-state index in [1.807, 2.05) is 39.4 Å². The Morgan fingerprint density at radius 2 is 1.93 bits per heavy atom. The second-order valence-corrected chi connectivity index (χ2v) is 8.96. The summed E-state index contributed by atoms with van der Waals surface area (Å²) in [6.45, 7) is 11.1. The van der Waals surface area contributed by atoms with E-state index in [-0.39, 0.29) is 11.3 Å². The fourth-order valence-corrected chi connectivity index (χ4v) is 4.14. The Balaban J connectivity index is 1.53. The van der Waals surface area contributed by atoms with Gasteiger partial charge < -0.3 is 14.8 Å². The molecule has 6 heteroatoms. The van der Waals surface area contributed by atoms with E-state index < -0.39 is 0 Å². The van der Waals surface area contributed by atoms with Crippen molar-refractivity contribution in [3.8, 4) is 11.3 Å². The zero-order valence-electron chi connectivity index (χ0n) is 17.9. The number of benzene rings is 1. The number of aryl methyl sites for hydroxylation is 1. The van der Waals surface area contributed by atoms with Crippen LogP contribution in [-0.4, -0.2) is 45.0 Å². The predicted molar refractivity (Wildman–Crippen MR) is 117 cm³/mol. The zero-order chi connectivity index (χ0) is 20.8. The van der Waals surface area contributed by atoms with Gasteiger partial charge in [0.15, 0.2) is 0 Å². The number of nitrogens with one attached hydrogen (secondary N) is 1. The molecule has 152 valence electrons. The summed E-state index contributed by atoms with van der Waals surface area (Å²) in [5, 5.41) is 5.12. The van der Waals surface area contributed by atoms with Crippen LogP contribution in [0.2, 0.25) is 0 Å². The number of rotatable bonds is 5. The SMILES string of the molecule is Cc1ncc(-c2ccc3cnc(NC(=O)C4(C)CN(CC(C)C)C4)cc3c2)n1C. The van der Waals surface area contributed by atoms with Gasteiger partial charge in [-0.15, -0.1) is 0 Å². The Bertz CT molecular complexity index is 1060. The molecule has 1 amide bonds. The van der Waals surface area contributed by atoms with Gasteiger partial charge in [0.2, 0.25) is 5.91 Å². The Hall–Kier alpha value is -2.73. The van der Waals surface area contributed by atoms with Gasteiger partial charge >= 0.3 is 0 Å². The summed E-state index contributed by atoms with van der Waals surface area (Å²) in [6, 6.07) is 8.21. The molecule has 0 saturated carbocycles. The van der Waals surface area contributed by atoms with Crippen LogP contribution in [0.25, 0.3) is 22.0 Å². The maximum absolute atomic E-state index is 12.8. The third kappa shape index (κ3) is 3.77. The van der Waals surface area contributed by atoms with Crippen LogP contribution in [0.1, 0.15) is 26.6 Å². The smallest absolute Gasteiger partial charge is 0.234 e. The molecule has 3 heterocycles. The highest BCUT2D eigenvalue weighted by molar-refractivity contribution is 5.97. The third-order valence-corrected chi connectivity index (χ3v) is 5.80. The van der Waals surface area contributed by atoms with E-state index in [9.17, 15) is 4.79 Å². The van der Waals surface area contributed by atoms with E-state index >= 15 is 0 Å².